The maximum Gasteiger partial charge on any atom is 0.235 e. The number of carbonyl (C=O) groups excluding carboxylic acids is 1. The van der Waals surface area contributed by atoms with E-state index in [4.69, 9.17) is 0 Å². The molecular weight excluding hydrogens is 270 g/mol. The summed E-state index contributed by atoms with van der Waals surface area (Å²) in [6.45, 7) is 1.83. The number of isocyanates is 1. The van der Waals surface area contributed by atoms with Gasteiger partial charge in [-0.05, 0) is 53.2 Å². The molecule has 0 spiro atoms. The third kappa shape index (κ3) is 1.58. The van der Waals surface area contributed by atoms with Crippen LogP contribution >= 0.6 is 15.9 Å². The molecule has 16 heavy (non-hydrogen) atoms. The van der Waals surface area contributed by atoms with Crippen LogP contribution in [0, 0.1) is 6.92 Å². The Kier molecular flexibility index (Phi) is 2.87. The lowest BCUT2D eigenvalue weighted by Crippen LogP contribution is -2.32. The van der Waals surface area contributed by atoms with E-state index in [0.29, 0.717) is 4.47 Å². The molecule has 0 aliphatic heterocycles. The molecule has 2 rings (SSSR count). The van der Waals surface area contributed by atoms with E-state index >= 15 is 0 Å². The van der Waals surface area contributed by atoms with Gasteiger partial charge in [0.25, 0.3) is 0 Å². The van der Waals surface area contributed by atoms with Gasteiger partial charge >= 0.3 is 0 Å². The number of hydrogen-bond donors (Lipinski definition) is 1. The van der Waals surface area contributed by atoms with Crippen LogP contribution < -0.4 is 0 Å². The Morgan fingerprint density at radius 3 is 2.69 bits per heavy atom. The van der Waals surface area contributed by atoms with Crippen molar-refractivity contribution < 1.29 is 9.90 Å². The first-order valence-electron chi connectivity index (χ1n) is 5.18. The predicted octanol–water partition coefficient (Wildman–Crippen LogP) is 3.18. The molecule has 1 saturated carbocycles. The molecule has 1 aliphatic carbocycles. The standard InChI is InChI=1S/C12H12BrNO2/c1-8-3-4-9(10(13)11(8)16)12(14-7-15)5-2-6-12/h3-4,16H,2,5-6H2,1H3. The minimum absolute atomic E-state index is 0.227. The molecule has 0 amide bonds. The van der Waals surface area contributed by atoms with E-state index in [1.165, 1.54) is 0 Å². The molecule has 0 radical (unpaired) electrons. The summed E-state index contributed by atoms with van der Waals surface area (Å²) in [5.74, 6) is 0.227. The van der Waals surface area contributed by atoms with Crippen molar-refractivity contribution in [3.8, 4) is 5.75 Å². The largest absolute Gasteiger partial charge is 0.506 e. The number of hydrogen-bond acceptors (Lipinski definition) is 3. The summed E-state index contributed by atoms with van der Waals surface area (Å²) >= 11 is 3.37. The summed E-state index contributed by atoms with van der Waals surface area (Å²) in [6, 6.07) is 3.76. The Morgan fingerprint density at radius 1 is 1.50 bits per heavy atom. The monoisotopic (exact) mass is 281 g/mol. The Balaban J connectivity index is 2.55. The minimum Gasteiger partial charge on any atom is -0.506 e. The molecule has 1 aliphatic rings. The maximum absolute atomic E-state index is 10.5. The number of phenols is 1. The van der Waals surface area contributed by atoms with Crippen molar-refractivity contribution in [2.75, 3.05) is 0 Å². The molecule has 0 unspecified atom stereocenters. The molecule has 84 valence electrons. The molecule has 0 saturated heterocycles. The highest BCUT2D eigenvalue weighted by molar-refractivity contribution is 9.10. The molecule has 0 aromatic heterocycles. The highest BCUT2D eigenvalue weighted by Crippen LogP contribution is 2.49. The highest BCUT2D eigenvalue weighted by Gasteiger charge is 2.40. The molecule has 3 nitrogen and oxygen atoms in total. The van der Waals surface area contributed by atoms with Gasteiger partial charge in [-0.2, -0.15) is 4.99 Å². The van der Waals surface area contributed by atoms with E-state index in [0.717, 1.165) is 30.4 Å². The summed E-state index contributed by atoms with van der Waals surface area (Å²) in [5, 5.41) is 9.85. The van der Waals surface area contributed by atoms with Gasteiger partial charge in [0.15, 0.2) is 0 Å². The van der Waals surface area contributed by atoms with Gasteiger partial charge in [-0.15, -0.1) is 0 Å². The van der Waals surface area contributed by atoms with Gasteiger partial charge in [-0.25, -0.2) is 4.79 Å². The summed E-state index contributed by atoms with van der Waals surface area (Å²) in [5.41, 5.74) is 1.22. The van der Waals surface area contributed by atoms with Crippen LogP contribution in [-0.4, -0.2) is 11.2 Å². The van der Waals surface area contributed by atoms with Crippen LogP contribution in [0.5, 0.6) is 5.75 Å². The molecule has 0 bridgehead atoms. The van der Waals surface area contributed by atoms with Crippen molar-refractivity contribution in [2.45, 2.75) is 31.7 Å². The van der Waals surface area contributed by atoms with E-state index in [9.17, 15) is 9.90 Å². The molecule has 4 heteroatoms. The van der Waals surface area contributed by atoms with Crippen molar-refractivity contribution in [1.82, 2.24) is 0 Å². The van der Waals surface area contributed by atoms with Crippen LogP contribution in [0.3, 0.4) is 0 Å². The van der Waals surface area contributed by atoms with Crippen LogP contribution in [0.25, 0.3) is 0 Å². The SMILES string of the molecule is Cc1ccc(C2(N=C=O)CCC2)c(Br)c1O. The second-order valence-electron chi connectivity index (χ2n) is 4.18. The number of rotatable bonds is 2. The van der Waals surface area contributed by atoms with Gasteiger partial charge in [0.2, 0.25) is 6.08 Å². The molecule has 1 aromatic rings. The van der Waals surface area contributed by atoms with E-state index in [-0.39, 0.29) is 5.75 Å². The zero-order valence-corrected chi connectivity index (χ0v) is 10.5. The number of benzene rings is 1. The molecule has 0 heterocycles. The smallest absolute Gasteiger partial charge is 0.235 e. The summed E-state index contributed by atoms with van der Waals surface area (Å²) in [4.78, 5) is 14.4. The molecule has 0 atom stereocenters. The van der Waals surface area contributed by atoms with Crippen molar-refractivity contribution in [1.29, 1.82) is 0 Å². The lowest BCUT2D eigenvalue weighted by molar-refractivity contribution is 0.253. The first-order chi connectivity index (χ1) is 7.60. The summed E-state index contributed by atoms with van der Waals surface area (Å²) in [7, 11) is 0. The molecular formula is C12H12BrNO2. The molecule has 1 N–H and O–H groups in total. The zero-order chi connectivity index (χ0) is 11.8. The van der Waals surface area contributed by atoms with Gasteiger partial charge in [-0.3, -0.25) is 0 Å². The number of nitrogens with zero attached hydrogens (tertiary/aromatic N) is 1. The van der Waals surface area contributed by atoms with E-state index in [1.54, 1.807) is 6.08 Å². The van der Waals surface area contributed by atoms with Crippen molar-refractivity contribution in [3.05, 3.63) is 27.7 Å². The average Bonchev–Trinajstić information content (AvgIpc) is 2.21. The van der Waals surface area contributed by atoms with Crippen LogP contribution in [-0.2, 0) is 10.3 Å². The van der Waals surface area contributed by atoms with Crippen LogP contribution in [0.4, 0.5) is 0 Å². The van der Waals surface area contributed by atoms with Gasteiger partial charge in [0.1, 0.15) is 5.75 Å². The number of halogens is 1. The summed E-state index contributed by atoms with van der Waals surface area (Å²) < 4.78 is 0.645. The third-order valence-electron chi connectivity index (χ3n) is 3.26. The first kappa shape index (κ1) is 11.4. The van der Waals surface area contributed by atoms with Gasteiger partial charge in [-0.1, -0.05) is 12.1 Å². The fraction of sp³-hybridized carbons (Fsp3) is 0.417. The van der Waals surface area contributed by atoms with Crippen molar-refractivity contribution in [2.24, 2.45) is 4.99 Å². The number of aliphatic imine (C=N–C) groups is 1. The molecule has 1 aromatic carbocycles. The predicted molar refractivity (Wildman–Crippen MR) is 64.2 cm³/mol. The fourth-order valence-corrected chi connectivity index (χ4v) is 2.87. The van der Waals surface area contributed by atoms with Gasteiger partial charge < -0.3 is 5.11 Å². The van der Waals surface area contributed by atoms with E-state index < -0.39 is 5.54 Å². The van der Waals surface area contributed by atoms with Crippen LogP contribution in [0.15, 0.2) is 21.6 Å². The summed E-state index contributed by atoms with van der Waals surface area (Å²) in [6.07, 6.45) is 4.36. The Labute approximate surface area is 102 Å². The lowest BCUT2D eigenvalue weighted by Gasteiger charge is -2.37. The van der Waals surface area contributed by atoms with Gasteiger partial charge in [0, 0.05) is 0 Å². The fourth-order valence-electron chi connectivity index (χ4n) is 2.06. The number of phenolic OH excluding ortho intramolecular Hbond substituents is 1. The number of aryl methyl sites for hydroxylation is 1. The number of aromatic hydroxyl groups is 1. The third-order valence-corrected chi connectivity index (χ3v) is 4.06. The second-order valence-corrected chi connectivity index (χ2v) is 4.97. The minimum atomic E-state index is -0.467. The second kappa shape index (κ2) is 4.04. The van der Waals surface area contributed by atoms with Crippen LogP contribution in [0.2, 0.25) is 0 Å². The van der Waals surface area contributed by atoms with E-state index in [2.05, 4.69) is 20.9 Å². The van der Waals surface area contributed by atoms with Crippen molar-refractivity contribution >= 4 is 22.0 Å². The highest BCUT2D eigenvalue weighted by atomic mass is 79.9. The normalized spacial score (nSPS) is 17.4. The Morgan fingerprint density at radius 2 is 2.19 bits per heavy atom. The van der Waals surface area contributed by atoms with Crippen LogP contribution in [0.1, 0.15) is 30.4 Å². The molecule has 1 fully saturated rings. The topological polar surface area (TPSA) is 49.7 Å². The Bertz CT molecular complexity index is 474. The Hall–Kier alpha value is -1.12. The van der Waals surface area contributed by atoms with Crippen molar-refractivity contribution in [3.63, 3.8) is 0 Å². The maximum atomic E-state index is 10.5. The average molecular weight is 282 g/mol. The zero-order valence-electron chi connectivity index (χ0n) is 8.96. The quantitative estimate of drug-likeness (QED) is 0.669. The van der Waals surface area contributed by atoms with E-state index in [1.807, 2.05) is 19.1 Å². The first-order valence-corrected chi connectivity index (χ1v) is 5.97. The lowest BCUT2D eigenvalue weighted by atomic mass is 9.72. The van der Waals surface area contributed by atoms with Gasteiger partial charge in [0.05, 0.1) is 10.0 Å².